The fourth-order valence-corrected chi connectivity index (χ4v) is 2.63. The number of hydrogen-bond acceptors (Lipinski definition) is 3. The maximum Gasteiger partial charge on any atom is 0.127 e. The van der Waals surface area contributed by atoms with Crippen molar-refractivity contribution in [1.29, 1.82) is 0 Å². The van der Waals surface area contributed by atoms with Gasteiger partial charge in [-0.25, -0.2) is 0 Å². The topological polar surface area (TPSA) is 27.7 Å². The van der Waals surface area contributed by atoms with Gasteiger partial charge in [0.25, 0.3) is 0 Å². The van der Waals surface area contributed by atoms with Crippen LogP contribution in [0.15, 0.2) is 110 Å². The molecular weight excluding hydrogens is 360 g/mol. The van der Waals surface area contributed by atoms with Crippen LogP contribution < -0.4 is 14.2 Å². The fraction of sp³-hybridized carbons (Fsp3) is 0.0769. The summed E-state index contributed by atoms with van der Waals surface area (Å²) in [7, 11) is 0. The molecule has 0 saturated carbocycles. The van der Waals surface area contributed by atoms with Crippen LogP contribution in [0.2, 0.25) is 0 Å². The summed E-state index contributed by atoms with van der Waals surface area (Å²) in [6.45, 7) is 11.8. The largest absolute Gasteiger partial charge is 0.458 e. The van der Waals surface area contributed by atoms with E-state index in [9.17, 15) is 0 Å². The van der Waals surface area contributed by atoms with E-state index >= 15 is 0 Å². The van der Waals surface area contributed by atoms with Crippen LogP contribution in [0.25, 0.3) is 0 Å². The lowest BCUT2D eigenvalue weighted by molar-refractivity contribution is 0.436. The van der Waals surface area contributed by atoms with Crippen LogP contribution in [0.5, 0.6) is 23.0 Å². The standard InChI is InChI=1S/C26H24O3/c1-19-7-5-9-25(17-19)28-22(4)12-11-21(3)27-23-13-15-24(16-14-23)29-26-10-6-8-20(2)18-26/h5-18H,3-4H2,1-2H3/b12-11-. The summed E-state index contributed by atoms with van der Waals surface area (Å²) >= 11 is 0. The Bertz CT molecular complexity index is 1030. The van der Waals surface area contributed by atoms with Gasteiger partial charge in [-0.15, -0.1) is 0 Å². The SMILES string of the molecule is C=C(/C=C\C(=C)Oc1cccc(C)c1)Oc1ccc(Oc2cccc(C)c2)cc1. The molecule has 0 atom stereocenters. The molecule has 3 rings (SSSR count). The van der Waals surface area contributed by atoms with Gasteiger partial charge in [-0.05, 0) is 85.7 Å². The zero-order chi connectivity index (χ0) is 20.6. The van der Waals surface area contributed by atoms with E-state index in [-0.39, 0.29) is 0 Å². The Labute approximate surface area is 172 Å². The first-order valence-electron chi connectivity index (χ1n) is 9.31. The van der Waals surface area contributed by atoms with Crippen molar-refractivity contribution in [1.82, 2.24) is 0 Å². The van der Waals surface area contributed by atoms with E-state index in [1.807, 2.05) is 86.6 Å². The second-order valence-corrected chi connectivity index (χ2v) is 6.68. The predicted molar refractivity (Wildman–Crippen MR) is 118 cm³/mol. The number of aryl methyl sites for hydroxylation is 2. The molecule has 3 aromatic carbocycles. The molecule has 0 bridgehead atoms. The summed E-state index contributed by atoms with van der Waals surface area (Å²) in [5.74, 6) is 3.94. The van der Waals surface area contributed by atoms with Crippen LogP contribution in [0.1, 0.15) is 11.1 Å². The fourth-order valence-electron chi connectivity index (χ4n) is 2.63. The Morgan fingerprint density at radius 2 is 1.10 bits per heavy atom. The van der Waals surface area contributed by atoms with Gasteiger partial charge in [-0.2, -0.15) is 0 Å². The van der Waals surface area contributed by atoms with Crippen molar-refractivity contribution in [2.75, 3.05) is 0 Å². The second kappa shape index (κ2) is 9.47. The van der Waals surface area contributed by atoms with E-state index in [1.165, 1.54) is 0 Å². The molecule has 3 nitrogen and oxygen atoms in total. The van der Waals surface area contributed by atoms with E-state index in [0.717, 1.165) is 28.4 Å². The summed E-state index contributed by atoms with van der Waals surface area (Å²) in [5, 5.41) is 0. The van der Waals surface area contributed by atoms with Gasteiger partial charge in [0.1, 0.15) is 34.5 Å². The number of rotatable bonds is 8. The third-order valence-electron chi connectivity index (χ3n) is 3.99. The van der Waals surface area contributed by atoms with Crippen molar-refractivity contribution in [3.05, 3.63) is 121 Å². The van der Waals surface area contributed by atoms with E-state index in [1.54, 1.807) is 12.2 Å². The van der Waals surface area contributed by atoms with Crippen molar-refractivity contribution in [2.24, 2.45) is 0 Å². The smallest absolute Gasteiger partial charge is 0.127 e. The Balaban J connectivity index is 1.52. The molecule has 0 amide bonds. The first kappa shape index (κ1) is 20.0. The minimum Gasteiger partial charge on any atom is -0.458 e. The van der Waals surface area contributed by atoms with Crippen molar-refractivity contribution >= 4 is 0 Å². The predicted octanol–water partition coefficient (Wildman–Crippen LogP) is 7.14. The molecule has 0 aliphatic rings. The van der Waals surface area contributed by atoms with E-state index < -0.39 is 0 Å². The molecule has 0 saturated heterocycles. The van der Waals surface area contributed by atoms with Gasteiger partial charge < -0.3 is 14.2 Å². The van der Waals surface area contributed by atoms with Gasteiger partial charge in [0.2, 0.25) is 0 Å². The van der Waals surface area contributed by atoms with Crippen molar-refractivity contribution in [2.45, 2.75) is 13.8 Å². The molecule has 146 valence electrons. The molecule has 0 unspecified atom stereocenters. The molecule has 0 radical (unpaired) electrons. The maximum atomic E-state index is 5.84. The van der Waals surface area contributed by atoms with Crippen LogP contribution in [-0.4, -0.2) is 0 Å². The zero-order valence-electron chi connectivity index (χ0n) is 16.7. The molecule has 0 aliphatic heterocycles. The van der Waals surface area contributed by atoms with Crippen molar-refractivity contribution < 1.29 is 14.2 Å². The van der Waals surface area contributed by atoms with Gasteiger partial charge in [0, 0.05) is 0 Å². The third kappa shape index (κ3) is 6.43. The highest BCUT2D eigenvalue weighted by Crippen LogP contribution is 2.25. The van der Waals surface area contributed by atoms with Gasteiger partial charge in [0.05, 0.1) is 0 Å². The average molecular weight is 384 g/mol. The Kier molecular flexibility index (Phi) is 6.54. The molecule has 0 heterocycles. The minimum atomic E-state index is 0.478. The molecule has 3 aromatic rings. The Hall–Kier alpha value is -3.72. The van der Waals surface area contributed by atoms with Gasteiger partial charge in [-0.1, -0.05) is 37.4 Å². The quantitative estimate of drug-likeness (QED) is 0.305. The maximum absolute atomic E-state index is 5.84. The van der Waals surface area contributed by atoms with Crippen LogP contribution in [-0.2, 0) is 0 Å². The van der Waals surface area contributed by atoms with Crippen molar-refractivity contribution in [3.8, 4) is 23.0 Å². The molecule has 0 fully saturated rings. The zero-order valence-corrected chi connectivity index (χ0v) is 16.7. The third-order valence-corrected chi connectivity index (χ3v) is 3.99. The molecule has 0 N–H and O–H groups in total. The molecule has 3 heteroatoms. The van der Waals surface area contributed by atoms with Crippen molar-refractivity contribution in [3.63, 3.8) is 0 Å². The van der Waals surface area contributed by atoms with Crippen LogP contribution in [0.3, 0.4) is 0 Å². The summed E-state index contributed by atoms with van der Waals surface area (Å²) in [6, 6.07) is 23.1. The second-order valence-electron chi connectivity index (χ2n) is 6.68. The van der Waals surface area contributed by atoms with Gasteiger partial charge in [-0.3, -0.25) is 0 Å². The van der Waals surface area contributed by atoms with E-state index in [0.29, 0.717) is 17.3 Å². The highest BCUT2D eigenvalue weighted by molar-refractivity contribution is 5.38. The first-order valence-corrected chi connectivity index (χ1v) is 9.31. The number of ether oxygens (including phenoxy) is 3. The van der Waals surface area contributed by atoms with Crippen LogP contribution in [0, 0.1) is 13.8 Å². The highest BCUT2D eigenvalue weighted by atomic mass is 16.5. The highest BCUT2D eigenvalue weighted by Gasteiger charge is 2.01. The summed E-state index contributed by atoms with van der Waals surface area (Å²) < 4.78 is 17.2. The monoisotopic (exact) mass is 384 g/mol. The Morgan fingerprint density at radius 1 is 0.621 bits per heavy atom. The van der Waals surface area contributed by atoms with Crippen LogP contribution in [0.4, 0.5) is 0 Å². The normalized spacial score (nSPS) is 10.6. The van der Waals surface area contributed by atoms with Gasteiger partial charge in [0.15, 0.2) is 0 Å². The van der Waals surface area contributed by atoms with E-state index in [4.69, 9.17) is 14.2 Å². The number of allylic oxidation sites excluding steroid dienone is 2. The number of benzene rings is 3. The van der Waals surface area contributed by atoms with Crippen LogP contribution >= 0.6 is 0 Å². The minimum absolute atomic E-state index is 0.478. The molecule has 29 heavy (non-hydrogen) atoms. The summed E-state index contributed by atoms with van der Waals surface area (Å²) in [5.41, 5.74) is 2.28. The summed E-state index contributed by atoms with van der Waals surface area (Å²) in [4.78, 5) is 0. The molecular formula is C26H24O3. The lowest BCUT2D eigenvalue weighted by atomic mass is 10.2. The number of hydrogen-bond donors (Lipinski definition) is 0. The molecule has 0 aliphatic carbocycles. The summed E-state index contributed by atoms with van der Waals surface area (Å²) in [6.07, 6.45) is 3.44. The lowest BCUT2D eigenvalue weighted by Crippen LogP contribution is -1.93. The first-order chi connectivity index (χ1) is 14.0. The average Bonchev–Trinajstić information content (AvgIpc) is 2.68. The van der Waals surface area contributed by atoms with Gasteiger partial charge >= 0.3 is 0 Å². The molecule has 0 aromatic heterocycles. The van der Waals surface area contributed by atoms with E-state index in [2.05, 4.69) is 13.2 Å². The Morgan fingerprint density at radius 3 is 1.69 bits per heavy atom. The molecule has 0 spiro atoms. The lowest BCUT2D eigenvalue weighted by Gasteiger charge is -2.09.